The van der Waals surface area contributed by atoms with Crippen LogP contribution in [0.3, 0.4) is 0 Å². The van der Waals surface area contributed by atoms with Crippen molar-refractivity contribution in [1.82, 2.24) is 5.32 Å². The molecule has 0 aliphatic heterocycles. The van der Waals surface area contributed by atoms with Gasteiger partial charge in [0.05, 0.1) is 11.7 Å². The highest BCUT2D eigenvalue weighted by Crippen LogP contribution is 2.15. The zero-order chi connectivity index (χ0) is 19.1. The Balaban J connectivity index is 1.95. The van der Waals surface area contributed by atoms with Gasteiger partial charge >= 0.3 is 5.97 Å². The SMILES string of the molecule is CC[C@H](C)Oc1ccc(C(=O)NC(=S)Nc2cccc(C(=O)O)c2)cc1. The third-order valence-electron chi connectivity index (χ3n) is 3.62. The van der Waals surface area contributed by atoms with Crippen LogP contribution in [0, 0.1) is 0 Å². The van der Waals surface area contributed by atoms with E-state index < -0.39 is 5.97 Å². The zero-order valence-electron chi connectivity index (χ0n) is 14.5. The Bertz CT molecular complexity index is 805. The van der Waals surface area contributed by atoms with Gasteiger partial charge in [0.25, 0.3) is 5.91 Å². The molecular weight excluding hydrogens is 352 g/mol. The van der Waals surface area contributed by atoms with Crippen LogP contribution in [0.15, 0.2) is 48.5 Å². The standard InChI is InChI=1S/C19H20N2O4S/c1-3-12(2)25-16-9-7-13(8-10-16)17(22)21-19(26)20-15-6-4-5-14(11-15)18(23)24/h4-12H,3H2,1-2H3,(H,23,24)(H2,20,21,22,26)/t12-/m0/s1. The molecule has 2 rings (SSSR count). The van der Waals surface area contributed by atoms with Crippen molar-refractivity contribution in [2.24, 2.45) is 0 Å². The van der Waals surface area contributed by atoms with E-state index >= 15 is 0 Å². The number of ether oxygens (including phenoxy) is 1. The number of hydrogen-bond donors (Lipinski definition) is 3. The topological polar surface area (TPSA) is 87.7 Å². The monoisotopic (exact) mass is 372 g/mol. The number of benzene rings is 2. The summed E-state index contributed by atoms with van der Waals surface area (Å²) in [6, 6.07) is 12.9. The number of anilines is 1. The highest BCUT2D eigenvalue weighted by molar-refractivity contribution is 7.80. The summed E-state index contributed by atoms with van der Waals surface area (Å²) in [7, 11) is 0. The average Bonchev–Trinajstić information content (AvgIpc) is 2.62. The third kappa shape index (κ3) is 5.56. The molecule has 0 radical (unpaired) electrons. The first-order valence-electron chi connectivity index (χ1n) is 8.11. The van der Waals surface area contributed by atoms with Gasteiger partial charge in [0.15, 0.2) is 5.11 Å². The minimum Gasteiger partial charge on any atom is -0.491 e. The maximum absolute atomic E-state index is 12.2. The normalized spacial score (nSPS) is 11.3. The molecule has 2 aromatic rings. The van der Waals surface area contributed by atoms with Gasteiger partial charge in [0.1, 0.15) is 5.75 Å². The highest BCUT2D eigenvalue weighted by atomic mass is 32.1. The quantitative estimate of drug-likeness (QED) is 0.671. The summed E-state index contributed by atoms with van der Waals surface area (Å²) in [5, 5.41) is 14.4. The van der Waals surface area contributed by atoms with Gasteiger partial charge in [-0.25, -0.2) is 4.79 Å². The molecule has 0 saturated carbocycles. The van der Waals surface area contributed by atoms with Crippen LogP contribution in [0.1, 0.15) is 41.0 Å². The van der Waals surface area contributed by atoms with Crippen LogP contribution in [0.4, 0.5) is 5.69 Å². The molecule has 0 aliphatic rings. The molecule has 2 aromatic carbocycles. The van der Waals surface area contributed by atoms with E-state index in [1.54, 1.807) is 36.4 Å². The number of hydrogen-bond acceptors (Lipinski definition) is 4. The molecule has 0 unspecified atom stereocenters. The van der Waals surface area contributed by atoms with E-state index in [0.717, 1.165) is 6.42 Å². The zero-order valence-corrected chi connectivity index (χ0v) is 15.3. The lowest BCUT2D eigenvalue weighted by Crippen LogP contribution is -2.34. The summed E-state index contributed by atoms with van der Waals surface area (Å²) < 4.78 is 5.67. The third-order valence-corrected chi connectivity index (χ3v) is 3.83. The van der Waals surface area contributed by atoms with Gasteiger partial charge in [-0.1, -0.05) is 13.0 Å². The van der Waals surface area contributed by atoms with Crippen LogP contribution in [0.2, 0.25) is 0 Å². The van der Waals surface area contributed by atoms with Gasteiger partial charge in [-0.15, -0.1) is 0 Å². The largest absolute Gasteiger partial charge is 0.491 e. The van der Waals surface area contributed by atoms with E-state index in [1.807, 2.05) is 13.8 Å². The first-order chi connectivity index (χ1) is 12.4. The molecule has 0 aliphatic carbocycles. The predicted octanol–water partition coefficient (Wildman–Crippen LogP) is 3.69. The fraction of sp³-hybridized carbons (Fsp3) is 0.211. The maximum Gasteiger partial charge on any atom is 0.335 e. The number of carboxylic acid groups (broad SMARTS) is 1. The van der Waals surface area contributed by atoms with Gasteiger partial charge in [0, 0.05) is 11.3 Å². The Morgan fingerprint density at radius 3 is 2.46 bits per heavy atom. The lowest BCUT2D eigenvalue weighted by molar-refractivity contribution is 0.0696. The van der Waals surface area contributed by atoms with Gasteiger partial charge < -0.3 is 15.2 Å². The highest BCUT2D eigenvalue weighted by Gasteiger charge is 2.10. The van der Waals surface area contributed by atoms with Gasteiger partial charge in [-0.05, 0) is 68.0 Å². The van der Waals surface area contributed by atoms with Gasteiger partial charge in [0.2, 0.25) is 0 Å². The molecule has 0 heterocycles. The van der Waals surface area contributed by atoms with Crippen LogP contribution in [-0.4, -0.2) is 28.2 Å². The molecule has 0 fully saturated rings. The summed E-state index contributed by atoms with van der Waals surface area (Å²) in [6.07, 6.45) is 0.999. The number of carbonyl (C=O) groups excluding carboxylic acids is 1. The number of nitrogens with one attached hydrogen (secondary N) is 2. The van der Waals surface area contributed by atoms with E-state index in [-0.39, 0.29) is 22.7 Å². The van der Waals surface area contributed by atoms with E-state index in [2.05, 4.69) is 10.6 Å². The molecule has 26 heavy (non-hydrogen) atoms. The smallest absolute Gasteiger partial charge is 0.335 e. The van der Waals surface area contributed by atoms with Crippen molar-refractivity contribution in [1.29, 1.82) is 0 Å². The van der Waals surface area contributed by atoms with Crippen LogP contribution < -0.4 is 15.4 Å². The van der Waals surface area contributed by atoms with Crippen molar-refractivity contribution in [3.63, 3.8) is 0 Å². The van der Waals surface area contributed by atoms with Crippen molar-refractivity contribution in [2.75, 3.05) is 5.32 Å². The molecule has 0 aromatic heterocycles. The number of aromatic carboxylic acids is 1. The van der Waals surface area contributed by atoms with E-state index in [4.69, 9.17) is 22.1 Å². The predicted molar refractivity (Wildman–Crippen MR) is 104 cm³/mol. The second kappa shape index (κ2) is 8.96. The fourth-order valence-electron chi connectivity index (χ4n) is 2.07. The van der Waals surface area contributed by atoms with Crippen LogP contribution in [0.5, 0.6) is 5.75 Å². The average molecular weight is 372 g/mol. The first-order valence-corrected chi connectivity index (χ1v) is 8.52. The molecule has 1 amide bonds. The fourth-order valence-corrected chi connectivity index (χ4v) is 2.28. The second-order valence-corrected chi connectivity index (χ2v) is 6.06. The van der Waals surface area contributed by atoms with Crippen molar-refractivity contribution in [2.45, 2.75) is 26.4 Å². The number of rotatable bonds is 6. The minimum atomic E-state index is -1.04. The van der Waals surface area contributed by atoms with Crippen LogP contribution >= 0.6 is 12.2 Å². The van der Waals surface area contributed by atoms with Crippen LogP contribution in [-0.2, 0) is 0 Å². The Morgan fingerprint density at radius 1 is 1.15 bits per heavy atom. The van der Waals surface area contributed by atoms with Crippen molar-refractivity contribution in [3.05, 3.63) is 59.7 Å². The number of amides is 1. The Kier molecular flexibility index (Phi) is 6.68. The van der Waals surface area contributed by atoms with Gasteiger partial charge in [-0.2, -0.15) is 0 Å². The molecule has 1 atom stereocenters. The Morgan fingerprint density at radius 2 is 1.85 bits per heavy atom. The Labute approximate surface area is 157 Å². The summed E-state index contributed by atoms with van der Waals surface area (Å²) in [5.74, 6) is -0.711. The molecule has 0 spiro atoms. The minimum absolute atomic E-state index is 0.0810. The lowest BCUT2D eigenvalue weighted by Gasteiger charge is -2.13. The lowest BCUT2D eigenvalue weighted by atomic mass is 10.2. The number of thiocarbonyl (C=S) groups is 1. The molecule has 0 bridgehead atoms. The van der Waals surface area contributed by atoms with E-state index in [1.165, 1.54) is 12.1 Å². The maximum atomic E-state index is 12.2. The summed E-state index contributed by atoms with van der Waals surface area (Å²) in [6.45, 7) is 4.01. The van der Waals surface area contributed by atoms with Gasteiger partial charge in [-0.3, -0.25) is 10.1 Å². The summed E-state index contributed by atoms with van der Waals surface area (Å²) in [5.41, 5.74) is 1.04. The van der Waals surface area contributed by atoms with Crippen LogP contribution in [0.25, 0.3) is 0 Å². The Hall–Kier alpha value is -2.93. The number of carboxylic acids is 1. The van der Waals surface area contributed by atoms with E-state index in [9.17, 15) is 9.59 Å². The summed E-state index contributed by atoms with van der Waals surface area (Å²) >= 11 is 5.10. The molecule has 3 N–H and O–H groups in total. The second-order valence-electron chi connectivity index (χ2n) is 5.66. The van der Waals surface area contributed by atoms with Crippen molar-refractivity contribution >= 4 is 34.9 Å². The number of carbonyl (C=O) groups is 2. The summed E-state index contributed by atoms with van der Waals surface area (Å²) in [4.78, 5) is 23.2. The molecular formula is C19H20N2O4S. The molecule has 0 saturated heterocycles. The van der Waals surface area contributed by atoms with Crippen molar-refractivity contribution in [3.8, 4) is 5.75 Å². The first kappa shape index (κ1) is 19.4. The molecule has 136 valence electrons. The van der Waals surface area contributed by atoms with Crippen molar-refractivity contribution < 1.29 is 19.4 Å². The molecule has 7 heteroatoms. The van der Waals surface area contributed by atoms with E-state index in [0.29, 0.717) is 17.0 Å². The molecule has 6 nitrogen and oxygen atoms in total.